The van der Waals surface area contributed by atoms with E-state index in [0.29, 0.717) is 18.7 Å². The number of amides is 1. The van der Waals surface area contributed by atoms with Crippen LogP contribution in [0.25, 0.3) is 0 Å². The minimum atomic E-state index is 0.0393. The van der Waals surface area contributed by atoms with Crippen molar-refractivity contribution in [3.05, 3.63) is 47.0 Å². The Morgan fingerprint density at radius 3 is 2.40 bits per heavy atom. The Labute approximate surface area is 152 Å². The van der Waals surface area contributed by atoms with E-state index in [1.807, 2.05) is 34.5 Å². The molecule has 2 heterocycles. The lowest BCUT2D eigenvalue weighted by Crippen LogP contribution is -2.48. The number of aryl methyl sites for hydroxylation is 1. The molecule has 1 fully saturated rings. The summed E-state index contributed by atoms with van der Waals surface area (Å²) >= 11 is 1.62. The minimum Gasteiger partial charge on any atom is -0.345 e. The molecule has 0 atom stereocenters. The zero-order valence-corrected chi connectivity index (χ0v) is 15.3. The molecule has 1 aliphatic rings. The Morgan fingerprint density at radius 2 is 1.80 bits per heavy atom. The fourth-order valence-electron chi connectivity index (χ4n) is 2.97. The van der Waals surface area contributed by atoms with E-state index in [-0.39, 0.29) is 24.5 Å². The van der Waals surface area contributed by atoms with Crippen molar-refractivity contribution in [2.45, 2.75) is 26.2 Å². The summed E-state index contributed by atoms with van der Waals surface area (Å²) in [5.41, 5.74) is 1.91. The summed E-state index contributed by atoms with van der Waals surface area (Å²) in [5.74, 6) is 0.106. The summed E-state index contributed by atoms with van der Waals surface area (Å²) in [6.07, 6.45) is 3.32. The molecule has 0 bridgehead atoms. The number of ketones is 1. The summed E-state index contributed by atoms with van der Waals surface area (Å²) in [7, 11) is 0. The fraction of sp³-hybridized carbons (Fsp3) is 0.421. The Morgan fingerprint density at radius 1 is 1.08 bits per heavy atom. The van der Waals surface area contributed by atoms with E-state index in [9.17, 15) is 9.59 Å². The summed E-state index contributed by atoms with van der Waals surface area (Å²) in [6, 6.07) is 7.68. The third-order valence-electron chi connectivity index (χ3n) is 4.57. The molecule has 0 aliphatic carbocycles. The second kappa shape index (κ2) is 8.25. The van der Waals surface area contributed by atoms with Gasteiger partial charge < -0.3 is 9.80 Å². The van der Waals surface area contributed by atoms with Gasteiger partial charge in [0.05, 0.1) is 0 Å². The minimum absolute atomic E-state index is 0.0393. The molecule has 25 heavy (non-hydrogen) atoms. The molecule has 6 heteroatoms. The van der Waals surface area contributed by atoms with Gasteiger partial charge in [-0.3, -0.25) is 9.59 Å². The van der Waals surface area contributed by atoms with Crippen molar-refractivity contribution < 1.29 is 9.59 Å². The summed E-state index contributed by atoms with van der Waals surface area (Å²) < 4.78 is 0. The molecule has 2 aromatic rings. The first kappa shape index (κ1) is 17.6. The number of piperazine rings is 1. The van der Waals surface area contributed by atoms with Crippen LogP contribution in [0.15, 0.2) is 35.8 Å². The van der Waals surface area contributed by atoms with Gasteiger partial charge in [0.2, 0.25) is 5.91 Å². The van der Waals surface area contributed by atoms with E-state index in [2.05, 4.69) is 16.8 Å². The molecule has 1 aliphatic heterocycles. The molecule has 0 N–H and O–H groups in total. The van der Waals surface area contributed by atoms with Crippen LogP contribution in [-0.2, 0) is 11.2 Å². The Balaban J connectivity index is 1.45. The van der Waals surface area contributed by atoms with E-state index in [4.69, 9.17) is 0 Å². The summed E-state index contributed by atoms with van der Waals surface area (Å²) in [5, 5.41) is 2.98. The predicted molar refractivity (Wildman–Crippen MR) is 100 cm³/mol. The lowest BCUT2D eigenvalue weighted by Gasteiger charge is -2.34. The standard InChI is InChI=1S/C19H23N3O2S/c1-2-15-3-5-16(6-4-15)17(23)7-8-18(24)21-10-12-22(13-11-21)19-20-9-14-25-19/h3-6,9,14H,2,7-8,10-13H2,1H3. The number of thiazole rings is 1. The molecule has 5 nitrogen and oxygen atoms in total. The maximum atomic E-state index is 12.4. The first-order valence-electron chi connectivity index (χ1n) is 8.71. The Hall–Kier alpha value is -2.21. The number of hydrogen-bond donors (Lipinski definition) is 0. The molecule has 0 spiro atoms. The number of carbonyl (C=O) groups excluding carboxylic acids is 2. The number of benzene rings is 1. The second-order valence-electron chi connectivity index (χ2n) is 6.16. The van der Waals surface area contributed by atoms with Crippen LogP contribution >= 0.6 is 11.3 Å². The number of rotatable bonds is 6. The lowest BCUT2D eigenvalue weighted by atomic mass is 10.0. The number of hydrogen-bond acceptors (Lipinski definition) is 5. The van der Waals surface area contributed by atoms with Crippen LogP contribution in [0.1, 0.15) is 35.7 Å². The molecular formula is C19H23N3O2S. The van der Waals surface area contributed by atoms with Gasteiger partial charge in [-0.2, -0.15) is 0 Å². The molecule has 3 rings (SSSR count). The highest BCUT2D eigenvalue weighted by atomic mass is 32.1. The molecule has 0 saturated carbocycles. The van der Waals surface area contributed by atoms with E-state index in [1.165, 1.54) is 5.56 Å². The maximum absolute atomic E-state index is 12.4. The quantitative estimate of drug-likeness (QED) is 0.746. The molecule has 1 aromatic heterocycles. The Bertz CT molecular complexity index is 705. The number of aromatic nitrogens is 1. The molecule has 1 amide bonds. The SMILES string of the molecule is CCc1ccc(C(=O)CCC(=O)N2CCN(c3nccs3)CC2)cc1. The van der Waals surface area contributed by atoms with E-state index in [1.54, 1.807) is 17.5 Å². The first-order chi connectivity index (χ1) is 12.2. The Kier molecular flexibility index (Phi) is 5.81. The van der Waals surface area contributed by atoms with Crippen molar-refractivity contribution in [1.82, 2.24) is 9.88 Å². The van der Waals surface area contributed by atoms with Crippen molar-refractivity contribution in [2.75, 3.05) is 31.1 Å². The maximum Gasteiger partial charge on any atom is 0.223 e. The molecule has 0 radical (unpaired) electrons. The van der Waals surface area contributed by atoms with Crippen molar-refractivity contribution in [3.8, 4) is 0 Å². The van der Waals surface area contributed by atoms with Crippen LogP contribution in [0.4, 0.5) is 5.13 Å². The van der Waals surface area contributed by atoms with Crippen molar-refractivity contribution in [1.29, 1.82) is 0 Å². The topological polar surface area (TPSA) is 53.5 Å². The molecule has 1 saturated heterocycles. The van der Waals surface area contributed by atoms with Gasteiger partial charge >= 0.3 is 0 Å². The monoisotopic (exact) mass is 357 g/mol. The number of Topliss-reactive ketones (excluding diaryl/α,β-unsaturated/α-hetero) is 1. The third-order valence-corrected chi connectivity index (χ3v) is 5.40. The van der Waals surface area contributed by atoms with E-state index >= 15 is 0 Å². The molecular weight excluding hydrogens is 334 g/mol. The van der Waals surface area contributed by atoms with Gasteiger partial charge in [-0.25, -0.2) is 4.98 Å². The van der Waals surface area contributed by atoms with Gasteiger partial charge in [0.1, 0.15) is 0 Å². The van der Waals surface area contributed by atoms with Gasteiger partial charge in [0.15, 0.2) is 10.9 Å². The van der Waals surface area contributed by atoms with E-state index < -0.39 is 0 Å². The number of nitrogens with zero attached hydrogens (tertiary/aromatic N) is 3. The average molecular weight is 357 g/mol. The van der Waals surface area contributed by atoms with Crippen LogP contribution in [0, 0.1) is 0 Å². The highest BCUT2D eigenvalue weighted by Crippen LogP contribution is 2.19. The predicted octanol–water partition coefficient (Wildman–Crippen LogP) is 3.02. The number of carbonyl (C=O) groups is 2. The highest BCUT2D eigenvalue weighted by Gasteiger charge is 2.22. The molecule has 0 unspecified atom stereocenters. The third kappa shape index (κ3) is 4.45. The molecule has 132 valence electrons. The highest BCUT2D eigenvalue weighted by molar-refractivity contribution is 7.13. The van der Waals surface area contributed by atoms with Crippen LogP contribution in [-0.4, -0.2) is 47.8 Å². The number of anilines is 1. The van der Waals surface area contributed by atoms with Gasteiger partial charge in [-0.1, -0.05) is 31.2 Å². The smallest absolute Gasteiger partial charge is 0.223 e. The fourth-order valence-corrected chi connectivity index (χ4v) is 3.67. The van der Waals surface area contributed by atoms with Gasteiger partial charge in [-0.05, 0) is 12.0 Å². The van der Waals surface area contributed by atoms with Crippen molar-refractivity contribution in [2.24, 2.45) is 0 Å². The van der Waals surface area contributed by atoms with Gasteiger partial charge in [0, 0.05) is 56.2 Å². The lowest BCUT2D eigenvalue weighted by molar-refractivity contribution is -0.131. The van der Waals surface area contributed by atoms with Crippen molar-refractivity contribution in [3.63, 3.8) is 0 Å². The zero-order valence-electron chi connectivity index (χ0n) is 14.5. The normalized spacial score (nSPS) is 14.6. The largest absolute Gasteiger partial charge is 0.345 e. The summed E-state index contributed by atoms with van der Waals surface area (Å²) in [4.78, 5) is 33.0. The average Bonchev–Trinajstić information content (AvgIpc) is 3.21. The molecule has 1 aromatic carbocycles. The van der Waals surface area contributed by atoms with Crippen LogP contribution < -0.4 is 4.90 Å². The van der Waals surface area contributed by atoms with E-state index in [0.717, 1.165) is 24.6 Å². The van der Waals surface area contributed by atoms with Gasteiger partial charge in [0.25, 0.3) is 0 Å². The van der Waals surface area contributed by atoms with Crippen LogP contribution in [0.3, 0.4) is 0 Å². The zero-order chi connectivity index (χ0) is 17.6. The summed E-state index contributed by atoms with van der Waals surface area (Å²) in [6.45, 7) is 5.07. The second-order valence-corrected chi connectivity index (χ2v) is 7.03. The van der Waals surface area contributed by atoms with Crippen molar-refractivity contribution >= 4 is 28.2 Å². The van der Waals surface area contributed by atoms with Crippen LogP contribution in [0.2, 0.25) is 0 Å². The van der Waals surface area contributed by atoms with Gasteiger partial charge in [-0.15, -0.1) is 11.3 Å². The van der Waals surface area contributed by atoms with Crippen LogP contribution in [0.5, 0.6) is 0 Å². The first-order valence-corrected chi connectivity index (χ1v) is 9.59.